The van der Waals surface area contributed by atoms with E-state index in [2.05, 4.69) is 32.9 Å². The Labute approximate surface area is 144 Å². The third-order valence-corrected chi connectivity index (χ3v) is 3.30. The zero-order chi connectivity index (χ0) is 17.2. The largest absolute Gasteiger partial charge is 0.442 e. The smallest absolute Gasteiger partial charge is 0.435 e. The lowest BCUT2D eigenvalue weighted by Gasteiger charge is -2.19. The number of aromatic nitrogens is 2. The molecule has 1 aromatic carbocycles. The molecule has 1 aromatic heterocycles. The van der Waals surface area contributed by atoms with E-state index in [1.165, 1.54) is 4.68 Å². The maximum absolute atomic E-state index is 12.4. The molecule has 0 saturated carbocycles. The highest BCUT2D eigenvalue weighted by atomic mass is 79.9. The van der Waals surface area contributed by atoms with Crippen LogP contribution in [0.1, 0.15) is 26.5 Å². The number of hydrogen-bond acceptors (Lipinski definition) is 4. The van der Waals surface area contributed by atoms with Crippen molar-refractivity contribution in [3.63, 3.8) is 0 Å². The monoisotopic (exact) mass is 377 g/mol. The summed E-state index contributed by atoms with van der Waals surface area (Å²) in [4.78, 5) is 14.3. The zero-order valence-electron chi connectivity index (χ0n) is 14.0. The van der Waals surface area contributed by atoms with Crippen molar-refractivity contribution in [1.29, 1.82) is 0 Å². The van der Waals surface area contributed by atoms with Crippen molar-refractivity contribution in [2.75, 3.05) is 20.6 Å². The maximum Gasteiger partial charge on any atom is 0.435 e. The predicted octanol–water partition coefficient (Wildman–Crippen LogP) is 3.50. The van der Waals surface area contributed by atoms with Crippen molar-refractivity contribution in [1.82, 2.24) is 14.7 Å². The Morgan fingerprint density at radius 2 is 2.09 bits per heavy atom. The number of carbonyl (C=O) groups is 1. The van der Waals surface area contributed by atoms with Crippen LogP contribution in [0.2, 0.25) is 0 Å². The van der Waals surface area contributed by atoms with Crippen LogP contribution in [0.5, 0.6) is 0 Å². The Kier molecular flexibility index (Phi) is 5.12. The fraction of sp³-hybridized carbons (Fsp3) is 0.412. The molecule has 0 fully saturated rings. The second kappa shape index (κ2) is 6.73. The van der Waals surface area contributed by atoms with E-state index in [0.717, 1.165) is 9.86 Å². The lowest BCUT2D eigenvalue weighted by atomic mass is 10.2. The van der Waals surface area contributed by atoms with Crippen molar-refractivity contribution in [2.24, 2.45) is 0 Å². The average Bonchev–Trinajstić information content (AvgIpc) is 2.75. The molecule has 122 valence electrons. The van der Waals surface area contributed by atoms with E-state index in [4.69, 9.17) is 4.74 Å². The van der Waals surface area contributed by atoms with Crippen LogP contribution in [0, 0.1) is 11.8 Å². The standard InChI is InChI=1S/C17H20BrN3O2/c1-17(2,3)23-16(22)21-15-9-8-12(18)11-13(15)14(19-21)7-6-10-20(4)5/h8-9,11H,10H2,1-5H3. The minimum atomic E-state index is -0.582. The third-order valence-electron chi connectivity index (χ3n) is 2.81. The molecule has 2 rings (SSSR count). The molecule has 0 aliphatic rings. The summed E-state index contributed by atoms with van der Waals surface area (Å²) in [5, 5.41) is 5.16. The molecule has 0 atom stereocenters. The van der Waals surface area contributed by atoms with Gasteiger partial charge in [0.2, 0.25) is 0 Å². The van der Waals surface area contributed by atoms with Gasteiger partial charge in [0.1, 0.15) is 11.3 Å². The zero-order valence-corrected chi connectivity index (χ0v) is 15.6. The first-order chi connectivity index (χ1) is 10.7. The minimum absolute atomic E-state index is 0.509. The fourth-order valence-electron chi connectivity index (χ4n) is 1.91. The molecule has 6 heteroatoms. The second-order valence-electron chi connectivity index (χ2n) is 6.44. The number of benzene rings is 1. The van der Waals surface area contributed by atoms with Gasteiger partial charge in [-0.25, -0.2) is 4.79 Å². The van der Waals surface area contributed by atoms with E-state index in [-0.39, 0.29) is 0 Å². The topological polar surface area (TPSA) is 47.4 Å². The van der Waals surface area contributed by atoms with Crippen LogP contribution in [0.15, 0.2) is 22.7 Å². The van der Waals surface area contributed by atoms with Gasteiger partial charge in [-0.2, -0.15) is 9.78 Å². The van der Waals surface area contributed by atoms with Crippen molar-refractivity contribution >= 4 is 32.9 Å². The number of nitrogens with zero attached hydrogens (tertiary/aromatic N) is 3. The van der Waals surface area contributed by atoms with Gasteiger partial charge >= 0.3 is 6.09 Å². The Morgan fingerprint density at radius 1 is 1.39 bits per heavy atom. The van der Waals surface area contributed by atoms with Crippen LogP contribution < -0.4 is 0 Å². The van der Waals surface area contributed by atoms with Crippen LogP contribution in [-0.2, 0) is 4.74 Å². The van der Waals surface area contributed by atoms with Crippen LogP contribution in [0.3, 0.4) is 0 Å². The van der Waals surface area contributed by atoms with Crippen LogP contribution in [-0.4, -0.2) is 47.0 Å². The first-order valence-corrected chi connectivity index (χ1v) is 8.02. The number of carbonyl (C=O) groups excluding carboxylic acids is 1. The molecule has 0 radical (unpaired) electrons. The summed E-state index contributed by atoms with van der Waals surface area (Å²) in [7, 11) is 3.89. The van der Waals surface area contributed by atoms with Crippen molar-refractivity contribution in [2.45, 2.75) is 26.4 Å². The van der Waals surface area contributed by atoms with E-state index in [9.17, 15) is 4.79 Å². The highest BCUT2D eigenvalue weighted by Gasteiger charge is 2.21. The number of halogens is 1. The lowest BCUT2D eigenvalue weighted by molar-refractivity contribution is 0.0522. The molecule has 0 N–H and O–H groups in total. The number of hydrogen-bond donors (Lipinski definition) is 0. The SMILES string of the molecule is CN(C)CC#Cc1nn(C(=O)OC(C)(C)C)c2ccc(Br)cc12. The van der Waals surface area contributed by atoms with Crippen LogP contribution >= 0.6 is 15.9 Å². The van der Waals surface area contributed by atoms with Crippen molar-refractivity contribution < 1.29 is 9.53 Å². The van der Waals surface area contributed by atoms with Gasteiger partial charge in [0.05, 0.1) is 12.1 Å². The molecule has 23 heavy (non-hydrogen) atoms. The summed E-state index contributed by atoms with van der Waals surface area (Å²) in [6.07, 6.45) is -0.509. The lowest BCUT2D eigenvalue weighted by Crippen LogP contribution is -2.27. The number of fused-ring (bicyclic) bond motifs is 1. The van der Waals surface area contributed by atoms with Gasteiger partial charge in [0.25, 0.3) is 0 Å². The quantitative estimate of drug-likeness (QED) is 0.713. The molecule has 0 aliphatic heterocycles. The highest BCUT2D eigenvalue weighted by Crippen LogP contribution is 2.23. The number of rotatable bonds is 1. The molecule has 1 heterocycles. The molecule has 0 bridgehead atoms. The van der Waals surface area contributed by atoms with E-state index in [1.807, 2.05) is 58.0 Å². The molecule has 5 nitrogen and oxygen atoms in total. The van der Waals surface area contributed by atoms with Crippen LogP contribution in [0.4, 0.5) is 4.79 Å². The van der Waals surface area contributed by atoms with Gasteiger partial charge in [-0.05, 0) is 59.0 Å². The third kappa shape index (κ3) is 4.57. The average molecular weight is 378 g/mol. The normalized spacial score (nSPS) is 11.4. The van der Waals surface area contributed by atoms with Gasteiger partial charge in [-0.15, -0.1) is 0 Å². The first kappa shape index (κ1) is 17.5. The van der Waals surface area contributed by atoms with Gasteiger partial charge < -0.3 is 4.74 Å². The summed E-state index contributed by atoms with van der Waals surface area (Å²) < 4.78 is 7.59. The van der Waals surface area contributed by atoms with E-state index in [0.29, 0.717) is 17.8 Å². The fourth-order valence-corrected chi connectivity index (χ4v) is 2.27. The molecular formula is C17H20BrN3O2. The Hall–Kier alpha value is -1.84. The summed E-state index contributed by atoms with van der Waals surface area (Å²) in [6, 6.07) is 5.60. The highest BCUT2D eigenvalue weighted by molar-refractivity contribution is 9.10. The summed E-state index contributed by atoms with van der Waals surface area (Å²) in [5.74, 6) is 6.08. The first-order valence-electron chi connectivity index (χ1n) is 7.22. The molecule has 0 spiro atoms. The van der Waals surface area contributed by atoms with E-state index < -0.39 is 11.7 Å². The van der Waals surface area contributed by atoms with Gasteiger partial charge in [-0.1, -0.05) is 21.9 Å². The van der Waals surface area contributed by atoms with E-state index in [1.54, 1.807) is 0 Å². The Bertz CT molecular complexity index is 792. The minimum Gasteiger partial charge on any atom is -0.442 e. The predicted molar refractivity (Wildman–Crippen MR) is 94.5 cm³/mol. The molecule has 0 amide bonds. The van der Waals surface area contributed by atoms with Gasteiger partial charge in [0.15, 0.2) is 0 Å². The van der Waals surface area contributed by atoms with Crippen molar-refractivity contribution in [3.8, 4) is 11.8 Å². The molecule has 2 aromatic rings. The van der Waals surface area contributed by atoms with Gasteiger partial charge in [-0.3, -0.25) is 4.90 Å². The molecule has 0 aliphatic carbocycles. The Morgan fingerprint density at radius 3 is 2.70 bits per heavy atom. The molecular weight excluding hydrogens is 358 g/mol. The summed E-state index contributed by atoms with van der Waals surface area (Å²) >= 11 is 3.44. The summed E-state index contributed by atoms with van der Waals surface area (Å²) in [5.41, 5.74) is 0.659. The van der Waals surface area contributed by atoms with Gasteiger partial charge in [0, 0.05) is 9.86 Å². The van der Waals surface area contributed by atoms with E-state index >= 15 is 0 Å². The Balaban J connectivity index is 2.49. The second-order valence-corrected chi connectivity index (χ2v) is 7.36. The van der Waals surface area contributed by atoms with Crippen molar-refractivity contribution in [3.05, 3.63) is 28.4 Å². The number of ether oxygens (including phenoxy) is 1. The molecule has 0 saturated heterocycles. The van der Waals surface area contributed by atoms with Crippen LogP contribution in [0.25, 0.3) is 10.9 Å². The summed E-state index contributed by atoms with van der Waals surface area (Å²) in [6.45, 7) is 6.09. The molecule has 0 unspecified atom stereocenters. The maximum atomic E-state index is 12.4.